The van der Waals surface area contributed by atoms with E-state index in [1.807, 2.05) is 0 Å². The Balaban J connectivity index is 1.63. The van der Waals surface area contributed by atoms with Crippen molar-refractivity contribution < 1.29 is 33.8 Å². The Hall–Kier alpha value is -3.22. The van der Waals surface area contributed by atoms with Gasteiger partial charge in [-0.05, 0) is 24.6 Å². The van der Waals surface area contributed by atoms with Crippen LogP contribution in [0.1, 0.15) is 25.3 Å². The Labute approximate surface area is 173 Å². The van der Waals surface area contributed by atoms with E-state index in [-0.39, 0.29) is 36.4 Å². The van der Waals surface area contributed by atoms with Crippen molar-refractivity contribution >= 4 is 24.0 Å². The normalized spacial score (nSPS) is 30.4. The third-order valence-electron chi connectivity index (χ3n) is 6.24. The molecule has 30 heavy (non-hydrogen) atoms. The van der Waals surface area contributed by atoms with Gasteiger partial charge in [-0.2, -0.15) is 0 Å². The standard InChI is InChI=1S/C23H22O7/c1-11-7-17(29-18(27)8-13-3-5-15(25)6-4-13)20-12(2)23(28)30-22(20)21-14(10-24)9-16(26)19(11)21/h3-6,10,14,17,20-22,25H,2,7-9H2,1H3/t14-,17-,20-,21+,22+/m1/s1. The summed E-state index contributed by atoms with van der Waals surface area (Å²) in [5.74, 6) is -2.85. The number of hydrogen-bond acceptors (Lipinski definition) is 7. The second-order valence-electron chi connectivity index (χ2n) is 8.14. The summed E-state index contributed by atoms with van der Waals surface area (Å²) in [5.41, 5.74) is 2.13. The monoisotopic (exact) mass is 410 g/mol. The molecule has 0 radical (unpaired) electrons. The molecule has 1 saturated heterocycles. The van der Waals surface area contributed by atoms with Crippen LogP contribution in [0.2, 0.25) is 0 Å². The summed E-state index contributed by atoms with van der Waals surface area (Å²) < 4.78 is 11.3. The number of phenols is 1. The van der Waals surface area contributed by atoms with Crippen LogP contribution >= 0.6 is 0 Å². The van der Waals surface area contributed by atoms with Crippen molar-refractivity contribution in [3.8, 4) is 5.75 Å². The predicted molar refractivity (Wildman–Crippen MR) is 104 cm³/mol. The molecule has 3 aliphatic rings. The molecule has 4 rings (SSSR count). The van der Waals surface area contributed by atoms with E-state index >= 15 is 0 Å². The number of esters is 2. The second-order valence-corrected chi connectivity index (χ2v) is 8.14. The van der Waals surface area contributed by atoms with E-state index in [2.05, 4.69) is 6.58 Å². The molecule has 1 saturated carbocycles. The van der Waals surface area contributed by atoms with E-state index in [0.29, 0.717) is 11.1 Å². The number of ether oxygens (including phenoxy) is 2. The van der Waals surface area contributed by atoms with Gasteiger partial charge in [-0.25, -0.2) is 4.79 Å². The van der Waals surface area contributed by atoms with Crippen LogP contribution in [0, 0.1) is 17.8 Å². The Kier molecular flexibility index (Phi) is 5.05. The van der Waals surface area contributed by atoms with Gasteiger partial charge in [-0.1, -0.05) is 24.3 Å². The van der Waals surface area contributed by atoms with Crippen LogP contribution in [0.4, 0.5) is 0 Å². The first-order valence-electron chi connectivity index (χ1n) is 9.85. The van der Waals surface area contributed by atoms with Crippen molar-refractivity contribution in [1.29, 1.82) is 0 Å². The predicted octanol–water partition coefficient (Wildman–Crippen LogP) is 2.07. The molecule has 1 N–H and O–H groups in total. The van der Waals surface area contributed by atoms with E-state index < -0.39 is 41.9 Å². The van der Waals surface area contributed by atoms with Gasteiger partial charge in [0.1, 0.15) is 24.2 Å². The minimum atomic E-state index is -0.759. The maximum absolute atomic E-state index is 12.6. The number of ketones is 1. The summed E-state index contributed by atoms with van der Waals surface area (Å²) in [7, 11) is 0. The second kappa shape index (κ2) is 7.55. The molecule has 0 bridgehead atoms. The zero-order valence-electron chi connectivity index (χ0n) is 16.5. The summed E-state index contributed by atoms with van der Waals surface area (Å²) >= 11 is 0. The van der Waals surface area contributed by atoms with Crippen molar-refractivity contribution in [2.24, 2.45) is 17.8 Å². The maximum atomic E-state index is 12.6. The summed E-state index contributed by atoms with van der Waals surface area (Å²) in [4.78, 5) is 49.1. The molecular weight excluding hydrogens is 388 g/mol. The largest absolute Gasteiger partial charge is 0.508 e. The summed E-state index contributed by atoms with van der Waals surface area (Å²) in [6.45, 7) is 5.63. The smallest absolute Gasteiger partial charge is 0.334 e. The fourth-order valence-corrected chi connectivity index (χ4v) is 4.90. The zero-order chi connectivity index (χ0) is 21.6. The number of carbonyl (C=O) groups is 4. The number of Topliss-reactive ketones (excluding diaryl/α,β-unsaturated/α-hetero) is 1. The molecule has 1 heterocycles. The fourth-order valence-electron chi connectivity index (χ4n) is 4.90. The molecule has 0 aromatic heterocycles. The molecule has 1 aliphatic heterocycles. The van der Waals surface area contributed by atoms with Gasteiger partial charge >= 0.3 is 11.9 Å². The van der Waals surface area contributed by atoms with Crippen molar-refractivity contribution in [1.82, 2.24) is 0 Å². The van der Waals surface area contributed by atoms with Crippen molar-refractivity contribution in [3.63, 3.8) is 0 Å². The number of rotatable bonds is 4. The van der Waals surface area contributed by atoms with Crippen LogP contribution in [0.5, 0.6) is 5.75 Å². The minimum absolute atomic E-state index is 0.00954. The number of hydrogen-bond donors (Lipinski definition) is 1. The number of carbonyl (C=O) groups excluding carboxylic acids is 4. The molecule has 0 unspecified atom stereocenters. The first kappa shape index (κ1) is 20.1. The lowest BCUT2D eigenvalue weighted by molar-refractivity contribution is -0.152. The molecular formula is C23H22O7. The lowest BCUT2D eigenvalue weighted by Gasteiger charge is -2.28. The van der Waals surface area contributed by atoms with Crippen LogP contribution in [0.15, 0.2) is 47.6 Å². The number of aldehydes is 1. The van der Waals surface area contributed by atoms with Gasteiger partial charge in [0, 0.05) is 35.8 Å². The Morgan fingerprint density at radius 3 is 2.60 bits per heavy atom. The Bertz CT molecular complexity index is 972. The molecule has 7 heteroatoms. The lowest BCUT2D eigenvalue weighted by Crippen LogP contribution is -2.37. The molecule has 156 valence electrons. The van der Waals surface area contributed by atoms with Crippen LogP contribution in [0.25, 0.3) is 0 Å². The van der Waals surface area contributed by atoms with Gasteiger partial charge in [-0.3, -0.25) is 9.59 Å². The van der Waals surface area contributed by atoms with Crippen LogP contribution < -0.4 is 0 Å². The molecule has 1 aromatic rings. The molecule has 2 aliphatic carbocycles. The number of benzene rings is 1. The average Bonchev–Trinajstić information content (AvgIpc) is 3.15. The molecule has 2 fully saturated rings. The van der Waals surface area contributed by atoms with Gasteiger partial charge in [0.25, 0.3) is 0 Å². The molecule has 1 aromatic carbocycles. The van der Waals surface area contributed by atoms with Gasteiger partial charge in [-0.15, -0.1) is 0 Å². The van der Waals surface area contributed by atoms with Crippen LogP contribution in [-0.4, -0.2) is 41.3 Å². The van der Waals surface area contributed by atoms with Gasteiger partial charge in [0.05, 0.1) is 12.3 Å². The highest BCUT2D eigenvalue weighted by molar-refractivity contribution is 6.02. The third-order valence-corrected chi connectivity index (χ3v) is 6.24. The summed E-state index contributed by atoms with van der Waals surface area (Å²) in [6.07, 6.45) is -0.390. The van der Waals surface area contributed by atoms with Crippen LogP contribution in [0.3, 0.4) is 0 Å². The van der Waals surface area contributed by atoms with Crippen molar-refractivity contribution in [2.45, 2.75) is 38.4 Å². The Morgan fingerprint density at radius 1 is 1.23 bits per heavy atom. The topological polar surface area (TPSA) is 107 Å². The minimum Gasteiger partial charge on any atom is -0.508 e. The van der Waals surface area contributed by atoms with E-state index in [0.717, 1.165) is 11.9 Å². The number of phenolic OH excluding ortho intramolecular Hbond substituents is 1. The maximum Gasteiger partial charge on any atom is 0.334 e. The van der Waals surface area contributed by atoms with E-state index in [4.69, 9.17) is 9.47 Å². The fraction of sp³-hybridized carbons (Fsp3) is 0.391. The quantitative estimate of drug-likeness (QED) is 0.460. The van der Waals surface area contributed by atoms with E-state index in [9.17, 15) is 24.3 Å². The van der Waals surface area contributed by atoms with Gasteiger partial charge < -0.3 is 19.4 Å². The third kappa shape index (κ3) is 3.34. The molecule has 0 spiro atoms. The Morgan fingerprint density at radius 2 is 1.93 bits per heavy atom. The molecule has 7 nitrogen and oxygen atoms in total. The van der Waals surface area contributed by atoms with E-state index in [1.165, 1.54) is 12.1 Å². The van der Waals surface area contributed by atoms with Crippen molar-refractivity contribution in [3.05, 3.63) is 53.1 Å². The summed E-state index contributed by atoms with van der Waals surface area (Å²) in [6, 6.07) is 6.21. The SMILES string of the molecule is C=C1C(=O)O[C@@H]2[C@@H]3C(=C(C)C[C@@H](OC(=O)Cc4ccc(O)cc4)[C@@H]12)C(=O)C[C@@H]3C=O. The highest BCUT2D eigenvalue weighted by Gasteiger charge is 2.56. The van der Waals surface area contributed by atoms with E-state index in [1.54, 1.807) is 19.1 Å². The average molecular weight is 410 g/mol. The summed E-state index contributed by atoms with van der Waals surface area (Å²) in [5, 5.41) is 9.38. The number of aromatic hydroxyl groups is 1. The first-order chi connectivity index (χ1) is 14.3. The first-order valence-corrected chi connectivity index (χ1v) is 9.85. The van der Waals surface area contributed by atoms with Gasteiger partial charge in [0.15, 0.2) is 5.78 Å². The van der Waals surface area contributed by atoms with Crippen molar-refractivity contribution in [2.75, 3.05) is 0 Å². The molecule has 0 amide bonds. The number of fused-ring (bicyclic) bond motifs is 3. The molecule has 5 atom stereocenters. The van der Waals surface area contributed by atoms with Gasteiger partial charge in [0.2, 0.25) is 0 Å². The highest BCUT2D eigenvalue weighted by Crippen LogP contribution is 2.49. The van der Waals surface area contributed by atoms with Crippen LogP contribution in [-0.2, 0) is 35.1 Å². The zero-order valence-corrected chi connectivity index (χ0v) is 16.5. The lowest BCUT2D eigenvalue weighted by atomic mass is 9.80. The highest BCUT2D eigenvalue weighted by atomic mass is 16.6.